The highest BCUT2D eigenvalue weighted by Crippen LogP contribution is 2.23. The second-order valence-electron chi connectivity index (χ2n) is 5.70. The fourth-order valence-electron chi connectivity index (χ4n) is 2.70. The third kappa shape index (κ3) is 6.68. The SMILES string of the molecule is COCCN(CCOC)CC(=O)NC1CCCCC1C. The number of rotatable bonds is 9. The van der Waals surface area contributed by atoms with Gasteiger partial charge in [0.1, 0.15) is 0 Å². The van der Waals surface area contributed by atoms with E-state index in [9.17, 15) is 4.79 Å². The number of methoxy groups -OCH3 is 2. The number of hydrogen-bond acceptors (Lipinski definition) is 4. The van der Waals surface area contributed by atoms with Gasteiger partial charge in [0.05, 0.1) is 19.8 Å². The van der Waals surface area contributed by atoms with Crippen LogP contribution in [0.4, 0.5) is 0 Å². The van der Waals surface area contributed by atoms with Crippen LogP contribution in [0.25, 0.3) is 0 Å². The molecule has 0 aromatic carbocycles. The molecule has 118 valence electrons. The van der Waals surface area contributed by atoms with Crippen LogP contribution in [0, 0.1) is 5.92 Å². The highest BCUT2D eigenvalue weighted by atomic mass is 16.5. The number of nitrogens with zero attached hydrogens (tertiary/aromatic N) is 1. The number of amides is 1. The van der Waals surface area contributed by atoms with Crippen LogP contribution in [-0.4, -0.2) is 63.9 Å². The maximum Gasteiger partial charge on any atom is 0.234 e. The summed E-state index contributed by atoms with van der Waals surface area (Å²) in [5.74, 6) is 0.718. The van der Waals surface area contributed by atoms with Crippen molar-refractivity contribution in [1.29, 1.82) is 0 Å². The summed E-state index contributed by atoms with van der Waals surface area (Å²) in [4.78, 5) is 14.2. The molecule has 0 aromatic rings. The summed E-state index contributed by atoms with van der Waals surface area (Å²) in [6, 6.07) is 0.350. The Kier molecular flexibility index (Phi) is 8.82. The second kappa shape index (κ2) is 10.1. The predicted molar refractivity (Wildman–Crippen MR) is 79.8 cm³/mol. The highest BCUT2D eigenvalue weighted by molar-refractivity contribution is 5.78. The monoisotopic (exact) mass is 286 g/mol. The zero-order valence-electron chi connectivity index (χ0n) is 13.2. The van der Waals surface area contributed by atoms with Gasteiger partial charge >= 0.3 is 0 Å². The molecule has 1 amide bonds. The minimum Gasteiger partial charge on any atom is -0.383 e. The smallest absolute Gasteiger partial charge is 0.234 e. The van der Waals surface area contributed by atoms with Gasteiger partial charge in [-0.05, 0) is 18.8 Å². The standard InChI is InChI=1S/C15H30N2O3/c1-13-6-4-5-7-14(13)16-15(18)12-17(8-10-19-2)9-11-20-3/h13-14H,4-12H2,1-3H3,(H,16,18). The molecule has 0 aliphatic heterocycles. The lowest BCUT2D eigenvalue weighted by Gasteiger charge is -2.30. The normalized spacial score (nSPS) is 23.0. The van der Waals surface area contributed by atoms with Gasteiger partial charge in [0.25, 0.3) is 0 Å². The van der Waals surface area contributed by atoms with Crippen LogP contribution in [0.5, 0.6) is 0 Å². The Bertz CT molecular complexity index is 266. The van der Waals surface area contributed by atoms with E-state index < -0.39 is 0 Å². The summed E-state index contributed by atoms with van der Waals surface area (Å²) < 4.78 is 10.2. The average molecular weight is 286 g/mol. The Morgan fingerprint density at radius 2 is 1.75 bits per heavy atom. The lowest BCUT2D eigenvalue weighted by Crippen LogP contribution is -2.46. The molecular formula is C15H30N2O3. The van der Waals surface area contributed by atoms with Gasteiger partial charge in [-0.25, -0.2) is 0 Å². The van der Waals surface area contributed by atoms with E-state index in [-0.39, 0.29) is 5.91 Å². The van der Waals surface area contributed by atoms with E-state index in [2.05, 4.69) is 17.1 Å². The first-order valence-electron chi connectivity index (χ1n) is 7.67. The Labute approximate surface area is 123 Å². The van der Waals surface area contributed by atoms with Crippen LogP contribution >= 0.6 is 0 Å². The molecule has 5 nitrogen and oxygen atoms in total. The first-order valence-corrected chi connectivity index (χ1v) is 7.67. The highest BCUT2D eigenvalue weighted by Gasteiger charge is 2.23. The number of hydrogen-bond donors (Lipinski definition) is 1. The van der Waals surface area contributed by atoms with Crippen LogP contribution in [0.2, 0.25) is 0 Å². The quantitative estimate of drug-likeness (QED) is 0.693. The maximum absolute atomic E-state index is 12.2. The van der Waals surface area contributed by atoms with Crippen molar-refractivity contribution in [3.05, 3.63) is 0 Å². The van der Waals surface area contributed by atoms with Crippen molar-refractivity contribution in [2.45, 2.75) is 38.6 Å². The third-order valence-electron chi connectivity index (χ3n) is 4.05. The van der Waals surface area contributed by atoms with Crippen molar-refractivity contribution < 1.29 is 14.3 Å². The summed E-state index contributed by atoms with van der Waals surface area (Å²) >= 11 is 0. The molecule has 1 aliphatic carbocycles. The minimum absolute atomic E-state index is 0.121. The zero-order valence-corrected chi connectivity index (χ0v) is 13.2. The molecule has 0 spiro atoms. The van der Waals surface area contributed by atoms with Gasteiger partial charge in [-0.3, -0.25) is 9.69 Å². The largest absolute Gasteiger partial charge is 0.383 e. The number of carbonyl (C=O) groups excluding carboxylic acids is 1. The van der Waals surface area contributed by atoms with E-state index in [0.29, 0.717) is 31.7 Å². The summed E-state index contributed by atoms with van der Waals surface area (Å²) in [5.41, 5.74) is 0. The summed E-state index contributed by atoms with van der Waals surface area (Å²) in [5, 5.41) is 3.19. The number of ether oxygens (including phenoxy) is 2. The molecule has 1 N–H and O–H groups in total. The van der Waals surface area contributed by atoms with Crippen LogP contribution in [0.1, 0.15) is 32.6 Å². The fourth-order valence-corrected chi connectivity index (χ4v) is 2.70. The van der Waals surface area contributed by atoms with Gasteiger partial charge in [0.2, 0.25) is 5.91 Å². The van der Waals surface area contributed by atoms with Crippen molar-refractivity contribution in [1.82, 2.24) is 10.2 Å². The molecule has 1 rings (SSSR count). The third-order valence-corrected chi connectivity index (χ3v) is 4.05. The second-order valence-corrected chi connectivity index (χ2v) is 5.70. The fraction of sp³-hybridized carbons (Fsp3) is 0.933. The van der Waals surface area contributed by atoms with Crippen molar-refractivity contribution >= 4 is 5.91 Å². The molecule has 2 unspecified atom stereocenters. The van der Waals surface area contributed by atoms with Crippen LogP contribution < -0.4 is 5.32 Å². The van der Waals surface area contributed by atoms with Crippen LogP contribution in [0.3, 0.4) is 0 Å². The van der Waals surface area contributed by atoms with E-state index >= 15 is 0 Å². The van der Waals surface area contributed by atoms with Gasteiger partial charge in [-0.1, -0.05) is 19.8 Å². The Hall–Kier alpha value is -0.650. The van der Waals surface area contributed by atoms with Crippen LogP contribution in [-0.2, 0) is 14.3 Å². The summed E-state index contributed by atoms with van der Waals surface area (Å²) in [7, 11) is 3.36. The van der Waals surface area contributed by atoms with Gasteiger partial charge < -0.3 is 14.8 Å². The zero-order chi connectivity index (χ0) is 14.8. The molecule has 0 saturated heterocycles. The average Bonchev–Trinajstić information content (AvgIpc) is 2.44. The van der Waals surface area contributed by atoms with Crippen molar-refractivity contribution in [3.8, 4) is 0 Å². The van der Waals surface area contributed by atoms with E-state index in [1.807, 2.05) is 0 Å². The Balaban J connectivity index is 2.35. The van der Waals surface area contributed by atoms with E-state index in [4.69, 9.17) is 9.47 Å². The minimum atomic E-state index is 0.121. The Morgan fingerprint density at radius 1 is 1.15 bits per heavy atom. The molecule has 5 heteroatoms. The number of carbonyl (C=O) groups is 1. The molecule has 1 aliphatic rings. The molecular weight excluding hydrogens is 256 g/mol. The summed E-state index contributed by atoms with van der Waals surface area (Å²) in [6.07, 6.45) is 4.86. The molecule has 1 fully saturated rings. The molecule has 20 heavy (non-hydrogen) atoms. The van der Waals surface area contributed by atoms with Crippen molar-refractivity contribution in [3.63, 3.8) is 0 Å². The van der Waals surface area contributed by atoms with E-state index in [1.54, 1.807) is 14.2 Å². The first kappa shape index (κ1) is 17.4. The molecule has 2 atom stereocenters. The Morgan fingerprint density at radius 3 is 2.30 bits per heavy atom. The summed E-state index contributed by atoms with van der Waals surface area (Å²) in [6.45, 7) is 5.45. The maximum atomic E-state index is 12.2. The van der Waals surface area contributed by atoms with Crippen molar-refractivity contribution in [2.24, 2.45) is 5.92 Å². The van der Waals surface area contributed by atoms with Gasteiger partial charge in [-0.15, -0.1) is 0 Å². The van der Waals surface area contributed by atoms with Gasteiger partial charge in [0, 0.05) is 33.4 Å². The molecule has 0 aromatic heterocycles. The molecule has 0 heterocycles. The predicted octanol–water partition coefficient (Wildman–Crippen LogP) is 1.28. The van der Waals surface area contributed by atoms with Gasteiger partial charge in [-0.2, -0.15) is 0 Å². The van der Waals surface area contributed by atoms with Crippen molar-refractivity contribution in [2.75, 3.05) is 47.1 Å². The topological polar surface area (TPSA) is 50.8 Å². The molecule has 1 saturated carbocycles. The molecule has 0 bridgehead atoms. The lowest BCUT2D eigenvalue weighted by atomic mass is 9.86. The first-order chi connectivity index (χ1) is 9.67. The number of nitrogens with one attached hydrogen (secondary N) is 1. The lowest BCUT2D eigenvalue weighted by molar-refractivity contribution is -0.123. The van der Waals surface area contributed by atoms with Crippen LogP contribution in [0.15, 0.2) is 0 Å². The van der Waals surface area contributed by atoms with E-state index in [0.717, 1.165) is 19.5 Å². The molecule has 0 radical (unpaired) electrons. The van der Waals surface area contributed by atoms with Gasteiger partial charge in [0.15, 0.2) is 0 Å². The van der Waals surface area contributed by atoms with E-state index in [1.165, 1.54) is 19.3 Å².